The van der Waals surface area contributed by atoms with E-state index < -0.39 is 0 Å². The van der Waals surface area contributed by atoms with Gasteiger partial charge in [-0.1, -0.05) is 13.8 Å². The first-order valence-corrected chi connectivity index (χ1v) is 4.84. The molecule has 0 aliphatic heterocycles. The fraction of sp³-hybridized carbons (Fsp3) is 0.600. The minimum Gasteiger partial charge on any atom is -0.315 e. The first-order valence-electron chi connectivity index (χ1n) is 4.84. The van der Waals surface area contributed by atoms with Crippen molar-refractivity contribution in [1.29, 1.82) is 0 Å². The third kappa shape index (κ3) is 2.67. The van der Waals surface area contributed by atoms with E-state index in [1.807, 2.05) is 7.05 Å². The molecule has 1 unspecified atom stereocenters. The van der Waals surface area contributed by atoms with Crippen LogP contribution < -0.4 is 10.9 Å². The summed E-state index contributed by atoms with van der Waals surface area (Å²) in [6, 6.07) is 3.46. The van der Waals surface area contributed by atoms with Crippen molar-refractivity contribution in [3.63, 3.8) is 0 Å². The molecule has 4 heteroatoms. The van der Waals surface area contributed by atoms with Crippen LogP contribution in [0.25, 0.3) is 0 Å². The second-order valence-corrected chi connectivity index (χ2v) is 3.68. The van der Waals surface area contributed by atoms with Gasteiger partial charge in [0.2, 0.25) is 0 Å². The zero-order valence-corrected chi connectivity index (χ0v) is 8.90. The van der Waals surface area contributed by atoms with Crippen molar-refractivity contribution < 1.29 is 0 Å². The average Bonchev–Trinajstić information content (AvgIpc) is 2.16. The number of aromatic nitrogens is 2. The Labute approximate surface area is 84.0 Å². The maximum Gasteiger partial charge on any atom is 0.266 e. The summed E-state index contributed by atoms with van der Waals surface area (Å²) in [5, 5.41) is 7.19. The Balaban J connectivity index is 2.77. The lowest BCUT2D eigenvalue weighted by atomic mass is 10.1. The molecule has 0 saturated heterocycles. The molecule has 0 amide bonds. The SMILES string of the molecule is CNC(Cn1ncccc1=O)C(C)C. The van der Waals surface area contributed by atoms with E-state index in [4.69, 9.17) is 0 Å². The molecule has 0 radical (unpaired) electrons. The normalized spacial score (nSPS) is 13.1. The number of hydrogen-bond acceptors (Lipinski definition) is 3. The summed E-state index contributed by atoms with van der Waals surface area (Å²) in [4.78, 5) is 11.4. The fourth-order valence-corrected chi connectivity index (χ4v) is 1.35. The van der Waals surface area contributed by atoms with Gasteiger partial charge in [-0.05, 0) is 19.0 Å². The predicted octanol–water partition coefficient (Wildman–Crippen LogP) is 0.487. The quantitative estimate of drug-likeness (QED) is 0.760. The monoisotopic (exact) mass is 195 g/mol. The van der Waals surface area contributed by atoms with Crippen LogP contribution in [0, 0.1) is 5.92 Å². The van der Waals surface area contributed by atoms with Gasteiger partial charge in [-0.15, -0.1) is 0 Å². The Kier molecular flexibility index (Phi) is 3.83. The summed E-state index contributed by atoms with van der Waals surface area (Å²) in [6.45, 7) is 4.86. The molecule has 0 aromatic carbocycles. The van der Waals surface area contributed by atoms with Crippen molar-refractivity contribution in [1.82, 2.24) is 15.1 Å². The second kappa shape index (κ2) is 4.91. The summed E-state index contributed by atoms with van der Waals surface area (Å²) in [7, 11) is 1.90. The van der Waals surface area contributed by atoms with Crippen LogP contribution in [0.4, 0.5) is 0 Å². The molecular formula is C10H17N3O. The Morgan fingerprint density at radius 1 is 1.57 bits per heavy atom. The van der Waals surface area contributed by atoms with Crippen molar-refractivity contribution in [3.8, 4) is 0 Å². The molecule has 1 N–H and O–H groups in total. The Morgan fingerprint density at radius 3 is 2.79 bits per heavy atom. The summed E-state index contributed by atoms with van der Waals surface area (Å²) in [5.41, 5.74) is -0.0478. The van der Waals surface area contributed by atoms with Crippen LogP contribution >= 0.6 is 0 Å². The number of nitrogens with zero attached hydrogens (tertiary/aromatic N) is 2. The highest BCUT2D eigenvalue weighted by molar-refractivity contribution is 4.85. The van der Waals surface area contributed by atoms with Crippen molar-refractivity contribution in [2.24, 2.45) is 5.92 Å². The number of nitrogens with one attached hydrogen (secondary N) is 1. The first-order chi connectivity index (χ1) is 6.65. The molecule has 0 bridgehead atoms. The number of hydrogen-bond donors (Lipinski definition) is 1. The van der Waals surface area contributed by atoms with Crippen molar-refractivity contribution in [3.05, 3.63) is 28.7 Å². The van der Waals surface area contributed by atoms with Crippen LogP contribution in [0.3, 0.4) is 0 Å². The molecule has 1 aromatic heterocycles. The summed E-state index contributed by atoms with van der Waals surface area (Å²) in [5.74, 6) is 0.480. The third-order valence-electron chi connectivity index (χ3n) is 2.33. The smallest absolute Gasteiger partial charge is 0.266 e. The van der Waals surface area contributed by atoms with Gasteiger partial charge < -0.3 is 5.32 Å². The lowest BCUT2D eigenvalue weighted by Crippen LogP contribution is -2.38. The van der Waals surface area contributed by atoms with E-state index in [1.165, 1.54) is 10.7 Å². The Bertz CT molecular complexity index is 332. The molecule has 0 aliphatic rings. The highest BCUT2D eigenvalue weighted by atomic mass is 16.1. The lowest BCUT2D eigenvalue weighted by molar-refractivity contribution is 0.355. The minimum atomic E-state index is -0.0478. The molecule has 0 saturated carbocycles. The molecule has 78 valence electrons. The molecule has 14 heavy (non-hydrogen) atoms. The molecule has 0 spiro atoms. The van der Waals surface area contributed by atoms with Crippen LogP contribution in [0.15, 0.2) is 23.1 Å². The predicted molar refractivity (Wildman–Crippen MR) is 56.2 cm³/mol. The van der Waals surface area contributed by atoms with Gasteiger partial charge in [-0.2, -0.15) is 5.10 Å². The summed E-state index contributed by atoms with van der Waals surface area (Å²) < 4.78 is 1.49. The van der Waals surface area contributed by atoms with Crippen molar-refractivity contribution in [2.75, 3.05) is 7.05 Å². The molecule has 1 rings (SSSR count). The fourth-order valence-electron chi connectivity index (χ4n) is 1.35. The minimum absolute atomic E-state index is 0.0478. The Hall–Kier alpha value is -1.16. The van der Waals surface area contributed by atoms with Crippen LogP contribution in [-0.4, -0.2) is 22.9 Å². The van der Waals surface area contributed by atoms with Gasteiger partial charge in [-0.3, -0.25) is 4.79 Å². The Morgan fingerprint density at radius 2 is 2.29 bits per heavy atom. The topological polar surface area (TPSA) is 46.9 Å². The van der Waals surface area contributed by atoms with Crippen LogP contribution in [0.2, 0.25) is 0 Å². The van der Waals surface area contributed by atoms with Gasteiger partial charge in [0.1, 0.15) is 0 Å². The molecule has 0 fully saturated rings. The van der Waals surface area contributed by atoms with E-state index >= 15 is 0 Å². The molecule has 4 nitrogen and oxygen atoms in total. The van der Waals surface area contributed by atoms with Crippen LogP contribution in [0.1, 0.15) is 13.8 Å². The zero-order chi connectivity index (χ0) is 10.6. The highest BCUT2D eigenvalue weighted by Gasteiger charge is 2.12. The van der Waals surface area contributed by atoms with Gasteiger partial charge in [0.05, 0.1) is 6.54 Å². The van der Waals surface area contributed by atoms with Gasteiger partial charge in [0, 0.05) is 18.3 Å². The number of likely N-dealkylation sites (N-methyl/N-ethyl adjacent to an activating group) is 1. The molecular weight excluding hydrogens is 178 g/mol. The second-order valence-electron chi connectivity index (χ2n) is 3.68. The van der Waals surface area contributed by atoms with Gasteiger partial charge >= 0.3 is 0 Å². The zero-order valence-electron chi connectivity index (χ0n) is 8.90. The van der Waals surface area contributed by atoms with Crippen LogP contribution in [0.5, 0.6) is 0 Å². The lowest BCUT2D eigenvalue weighted by Gasteiger charge is -2.20. The maximum atomic E-state index is 11.4. The van der Waals surface area contributed by atoms with Crippen molar-refractivity contribution >= 4 is 0 Å². The van der Waals surface area contributed by atoms with E-state index in [0.717, 1.165) is 0 Å². The molecule has 1 atom stereocenters. The largest absolute Gasteiger partial charge is 0.315 e. The van der Waals surface area contributed by atoms with E-state index in [2.05, 4.69) is 24.3 Å². The average molecular weight is 195 g/mol. The van der Waals surface area contributed by atoms with E-state index in [9.17, 15) is 4.79 Å². The molecule has 1 aromatic rings. The highest BCUT2D eigenvalue weighted by Crippen LogP contribution is 2.01. The van der Waals surface area contributed by atoms with Gasteiger partial charge in [0.15, 0.2) is 0 Å². The van der Waals surface area contributed by atoms with E-state index in [-0.39, 0.29) is 11.6 Å². The first kappa shape index (κ1) is 10.9. The van der Waals surface area contributed by atoms with Crippen molar-refractivity contribution in [2.45, 2.75) is 26.4 Å². The number of rotatable bonds is 4. The summed E-state index contributed by atoms with van der Waals surface area (Å²) >= 11 is 0. The van der Waals surface area contributed by atoms with E-state index in [0.29, 0.717) is 12.5 Å². The van der Waals surface area contributed by atoms with Crippen LogP contribution in [-0.2, 0) is 6.54 Å². The molecule has 0 aliphatic carbocycles. The molecule has 1 heterocycles. The maximum absolute atomic E-state index is 11.4. The van der Waals surface area contributed by atoms with E-state index in [1.54, 1.807) is 12.3 Å². The van der Waals surface area contributed by atoms with Gasteiger partial charge in [0.25, 0.3) is 5.56 Å². The van der Waals surface area contributed by atoms with Gasteiger partial charge in [-0.25, -0.2) is 4.68 Å². The third-order valence-corrected chi connectivity index (χ3v) is 2.33. The summed E-state index contributed by atoms with van der Waals surface area (Å²) in [6.07, 6.45) is 1.63. The standard InChI is InChI=1S/C10H17N3O/c1-8(2)9(11-3)7-13-10(14)5-4-6-12-13/h4-6,8-9,11H,7H2,1-3H3.